The highest BCUT2D eigenvalue weighted by Crippen LogP contribution is 2.39. The standard InChI is InChI=1S/C9H7Cl3N2O/c10-9(11,12)8(15)6-5-13-7-3-1-2-4-14(6)7/h1-5,8,15H. The first-order valence-electron chi connectivity index (χ1n) is 4.17. The lowest BCUT2D eigenvalue weighted by Gasteiger charge is -2.18. The SMILES string of the molecule is OC(c1cnc2ccccn12)C(Cl)(Cl)Cl. The Bertz CT molecular complexity index is 477. The molecule has 15 heavy (non-hydrogen) atoms. The van der Waals surface area contributed by atoms with Gasteiger partial charge in [0.2, 0.25) is 3.79 Å². The van der Waals surface area contributed by atoms with Crippen LogP contribution in [0.2, 0.25) is 0 Å². The molecule has 2 aromatic rings. The Morgan fingerprint density at radius 2 is 2.07 bits per heavy atom. The van der Waals surface area contributed by atoms with Gasteiger partial charge in [-0.25, -0.2) is 4.98 Å². The van der Waals surface area contributed by atoms with Crippen LogP contribution in [0.1, 0.15) is 11.8 Å². The number of imidazole rings is 1. The van der Waals surface area contributed by atoms with E-state index >= 15 is 0 Å². The predicted octanol–water partition coefficient (Wildman–Crippen LogP) is 2.74. The highest BCUT2D eigenvalue weighted by Gasteiger charge is 2.34. The predicted molar refractivity (Wildman–Crippen MR) is 60.4 cm³/mol. The Morgan fingerprint density at radius 3 is 2.73 bits per heavy atom. The number of nitrogens with zero attached hydrogens (tertiary/aromatic N) is 2. The third-order valence-electron chi connectivity index (χ3n) is 2.04. The first kappa shape index (κ1) is 11.0. The molecule has 0 saturated heterocycles. The van der Waals surface area contributed by atoms with Gasteiger partial charge in [-0.1, -0.05) is 40.9 Å². The molecule has 1 unspecified atom stereocenters. The summed E-state index contributed by atoms with van der Waals surface area (Å²) in [7, 11) is 0. The monoisotopic (exact) mass is 264 g/mol. The average Bonchev–Trinajstić information content (AvgIpc) is 2.58. The zero-order valence-electron chi connectivity index (χ0n) is 7.44. The summed E-state index contributed by atoms with van der Waals surface area (Å²) in [6.45, 7) is 0. The van der Waals surface area contributed by atoms with Gasteiger partial charge in [-0.15, -0.1) is 0 Å². The number of hydrogen-bond donors (Lipinski definition) is 1. The van der Waals surface area contributed by atoms with Crippen molar-refractivity contribution in [1.29, 1.82) is 0 Å². The van der Waals surface area contributed by atoms with Crippen LogP contribution < -0.4 is 0 Å². The zero-order chi connectivity index (χ0) is 11.1. The van der Waals surface area contributed by atoms with E-state index in [1.165, 1.54) is 6.20 Å². The number of aromatic nitrogens is 2. The normalized spacial score (nSPS) is 14.4. The molecule has 0 fully saturated rings. The van der Waals surface area contributed by atoms with E-state index in [-0.39, 0.29) is 0 Å². The van der Waals surface area contributed by atoms with E-state index in [2.05, 4.69) is 4.98 Å². The smallest absolute Gasteiger partial charge is 0.221 e. The van der Waals surface area contributed by atoms with Crippen molar-refractivity contribution in [2.75, 3.05) is 0 Å². The second kappa shape index (κ2) is 3.83. The van der Waals surface area contributed by atoms with E-state index < -0.39 is 9.90 Å². The molecule has 80 valence electrons. The Kier molecular flexibility index (Phi) is 2.81. The van der Waals surface area contributed by atoms with Gasteiger partial charge < -0.3 is 9.51 Å². The van der Waals surface area contributed by atoms with Crippen LogP contribution in [0, 0.1) is 0 Å². The van der Waals surface area contributed by atoms with Gasteiger partial charge in [0.05, 0.1) is 11.9 Å². The Balaban J connectivity index is 2.53. The lowest BCUT2D eigenvalue weighted by atomic mass is 10.3. The average molecular weight is 266 g/mol. The minimum atomic E-state index is -1.76. The molecule has 0 aliphatic heterocycles. The van der Waals surface area contributed by atoms with Crippen molar-refractivity contribution < 1.29 is 5.11 Å². The van der Waals surface area contributed by atoms with Crippen molar-refractivity contribution in [3.63, 3.8) is 0 Å². The Morgan fingerprint density at radius 1 is 1.33 bits per heavy atom. The number of aliphatic hydroxyl groups is 1. The molecule has 0 aliphatic carbocycles. The second-order valence-corrected chi connectivity index (χ2v) is 5.42. The quantitative estimate of drug-likeness (QED) is 0.805. The minimum Gasteiger partial charge on any atom is -0.382 e. The van der Waals surface area contributed by atoms with Crippen molar-refractivity contribution >= 4 is 40.4 Å². The summed E-state index contributed by atoms with van der Waals surface area (Å²) in [5.74, 6) is 0. The summed E-state index contributed by atoms with van der Waals surface area (Å²) >= 11 is 16.8. The van der Waals surface area contributed by atoms with Crippen LogP contribution in [0.4, 0.5) is 0 Å². The first-order chi connectivity index (χ1) is 7.00. The molecular weight excluding hydrogens is 258 g/mol. The summed E-state index contributed by atoms with van der Waals surface area (Å²) in [6.07, 6.45) is 2.03. The number of alkyl halides is 3. The number of halogens is 3. The molecule has 2 rings (SSSR count). The molecule has 0 amide bonds. The number of aliphatic hydroxyl groups excluding tert-OH is 1. The lowest BCUT2D eigenvalue weighted by Crippen LogP contribution is -2.17. The van der Waals surface area contributed by atoms with Gasteiger partial charge in [0.15, 0.2) is 0 Å². The summed E-state index contributed by atoms with van der Waals surface area (Å²) in [5, 5.41) is 9.79. The number of fused-ring (bicyclic) bond motifs is 1. The molecule has 0 aromatic carbocycles. The topological polar surface area (TPSA) is 37.5 Å². The zero-order valence-corrected chi connectivity index (χ0v) is 9.71. The fourth-order valence-corrected chi connectivity index (χ4v) is 1.66. The van der Waals surface area contributed by atoms with Crippen LogP contribution in [0.3, 0.4) is 0 Å². The molecule has 3 nitrogen and oxygen atoms in total. The minimum absolute atomic E-state index is 0.450. The fraction of sp³-hybridized carbons (Fsp3) is 0.222. The van der Waals surface area contributed by atoms with Crippen molar-refractivity contribution in [3.05, 3.63) is 36.3 Å². The van der Waals surface area contributed by atoms with Gasteiger partial charge in [0, 0.05) is 6.20 Å². The third kappa shape index (κ3) is 2.06. The highest BCUT2D eigenvalue weighted by atomic mass is 35.6. The molecule has 6 heteroatoms. The molecule has 0 aliphatic rings. The van der Waals surface area contributed by atoms with Gasteiger partial charge in [0.25, 0.3) is 0 Å². The largest absolute Gasteiger partial charge is 0.382 e. The molecule has 1 atom stereocenters. The number of hydrogen-bond acceptors (Lipinski definition) is 2. The molecule has 2 heterocycles. The maximum Gasteiger partial charge on any atom is 0.221 e. The summed E-state index contributed by atoms with van der Waals surface area (Å²) in [5.41, 5.74) is 1.14. The van der Waals surface area contributed by atoms with Crippen LogP contribution in [0.15, 0.2) is 30.6 Å². The Hall–Kier alpha value is -0.480. The number of rotatable bonds is 1. The van der Waals surface area contributed by atoms with E-state index in [0.29, 0.717) is 11.3 Å². The van der Waals surface area contributed by atoms with Crippen LogP contribution in [-0.2, 0) is 0 Å². The molecule has 0 saturated carbocycles. The molecular formula is C9H7Cl3N2O. The van der Waals surface area contributed by atoms with Crippen molar-refractivity contribution in [2.24, 2.45) is 0 Å². The fourth-order valence-electron chi connectivity index (χ4n) is 1.32. The highest BCUT2D eigenvalue weighted by molar-refractivity contribution is 6.67. The third-order valence-corrected chi connectivity index (χ3v) is 2.66. The van der Waals surface area contributed by atoms with Crippen LogP contribution in [-0.4, -0.2) is 18.3 Å². The molecule has 0 spiro atoms. The lowest BCUT2D eigenvalue weighted by molar-refractivity contribution is 0.176. The summed E-state index contributed by atoms with van der Waals surface area (Å²) < 4.78 is -0.0850. The van der Waals surface area contributed by atoms with Gasteiger partial charge in [-0.05, 0) is 12.1 Å². The van der Waals surface area contributed by atoms with Gasteiger partial charge in [-0.2, -0.15) is 0 Å². The van der Waals surface area contributed by atoms with E-state index in [1.807, 2.05) is 12.1 Å². The van der Waals surface area contributed by atoms with E-state index in [1.54, 1.807) is 16.7 Å². The van der Waals surface area contributed by atoms with Crippen molar-refractivity contribution in [1.82, 2.24) is 9.38 Å². The molecule has 0 radical (unpaired) electrons. The van der Waals surface area contributed by atoms with Crippen LogP contribution in [0.5, 0.6) is 0 Å². The van der Waals surface area contributed by atoms with E-state index in [9.17, 15) is 5.11 Å². The van der Waals surface area contributed by atoms with Gasteiger partial charge >= 0.3 is 0 Å². The summed E-state index contributed by atoms with van der Waals surface area (Å²) in [6, 6.07) is 5.45. The van der Waals surface area contributed by atoms with Gasteiger partial charge in [-0.3, -0.25) is 0 Å². The van der Waals surface area contributed by atoms with Gasteiger partial charge in [0.1, 0.15) is 11.8 Å². The molecule has 0 bridgehead atoms. The van der Waals surface area contributed by atoms with Crippen molar-refractivity contribution in [3.8, 4) is 0 Å². The Labute approximate surface area is 101 Å². The first-order valence-corrected chi connectivity index (χ1v) is 5.30. The number of pyridine rings is 1. The molecule has 1 N–H and O–H groups in total. The van der Waals surface area contributed by atoms with E-state index in [0.717, 1.165) is 0 Å². The van der Waals surface area contributed by atoms with Crippen LogP contribution in [0.25, 0.3) is 5.65 Å². The maximum atomic E-state index is 9.79. The maximum absolute atomic E-state index is 9.79. The van der Waals surface area contributed by atoms with Crippen molar-refractivity contribution in [2.45, 2.75) is 9.90 Å². The summed E-state index contributed by atoms with van der Waals surface area (Å²) in [4.78, 5) is 4.08. The van der Waals surface area contributed by atoms with Crippen LogP contribution >= 0.6 is 34.8 Å². The molecule has 2 aromatic heterocycles. The second-order valence-electron chi connectivity index (χ2n) is 3.06. The van der Waals surface area contributed by atoms with E-state index in [4.69, 9.17) is 34.8 Å².